The lowest BCUT2D eigenvalue weighted by Gasteiger charge is -2.10. The standard InChI is InChI=1S/C11H8Cl2FN3/c12-6-3-1-2-5(10(6)13)9-7(15)4-8(16)17-11(9)14/h1-4H,(H4,15,16,17). The number of hydrogen-bond donors (Lipinski definition) is 2. The third-order valence-corrected chi connectivity index (χ3v) is 3.07. The Morgan fingerprint density at radius 3 is 2.53 bits per heavy atom. The van der Waals surface area contributed by atoms with Crippen LogP contribution in [0.4, 0.5) is 15.9 Å². The Bertz CT molecular complexity index is 564. The molecule has 0 radical (unpaired) electrons. The number of nitrogens with two attached hydrogens (primary N) is 2. The molecule has 2 rings (SSSR count). The summed E-state index contributed by atoms with van der Waals surface area (Å²) < 4.78 is 13.7. The summed E-state index contributed by atoms with van der Waals surface area (Å²) >= 11 is 11.9. The first-order valence-corrected chi connectivity index (χ1v) is 5.42. The second kappa shape index (κ2) is 4.39. The van der Waals surface area contributed by atoms with Gasteiger partial charge in [-0.05, 0) is 6.07 Å². The summed E-state index contributed by atoms with van der Waals surface area (Å²) in [5.41, 5.74) is 11.8. The molecule has 17 heavy (non-hydrogen) atoms. The van der Waals surface area contributed by atoms with Crippen molar-refractivity contribution in [2.45, 2.75) is 0 Å². The average Bonchev–Trinajstić information content (AvgIpc) is 2.23. The van der Waals surface area contributed by atoms with Gasteiger partial charge in [0.25, 0.3) is 0 Å². The van der Waals surface area contributed by atoms with Gasteiger partial charge in [0, 0.05) is 17.3 Å². The van der Waals surface area contributed by atoms with Crippen molar-refractivity contribution in [2.75, 3.05) is 11.5 Å². The molecular weight excluding hydrogens is 264 g/mol. The molecule has 0 unspecified atom stereocenters. The van der Waals surface area contributed by atoms with Crippen molar-refractivity contribution < 1.29 is 4.39 Å². The maximum atomic E-state index is 13.7. The highest BCUT2D eigenvalue weighted by Crippen LogP contribution is 2.37. The van der Waals surface area contributed by atoms with Crippen LogP contribution in [0, 0.1) is 5.95 Å². The van der Waals surface area contributed by atoms with E-state index >= 15 is 0 Å². The van der Waals surface area contributed by atoms with E-state index in [9.17, 15) is 4.39 Å². The maximum Gasteiger partial charge on any atom is 0.224 e. The van der Waals surface area contributed by atoms with Crippen LogP contribution in [0.15, 0.2) is 24.3 Å². The summed E-state index contributed by atoms with van der Waals surface area (Å²) in [4.78, 5) is 3.51. The quantitative estimate of drug-likeness (QED) is 0.782. The second-order valence-corrected chi connectivity index (χ2v) is 4.19. The van der Waals surface area contributed by atoms with E-state index < -0.39 is 5.95 Å². The monoisotopic (exact) mass is 271 g/mol. The zero-order chi connectivity index (χ0) is 12.6. The molecule has 0 aliphatic carbocycles. The fraction of sp³-hybridized carbons (Fsp3) is 0. The number of halogens is 3. The van der Waals surface area contributed by atoms with Crippen LogP contribution >= 0.6 is 23.2 Å². The summed E-state index contributed by atoms with van der Waals surface area (Å²) in [7, 11) is 0. The fourth-order valence-electron chi connectivity index (χ4n) is 1.52. The van der Waals surface area contributed by atoms with Crippen molar-refractivity contribution in [3.05, 3.63) is 40.3 Å². The van der Waals surface area contributed by atoms with Gasteiger partial charge in [-0.25, -0.2) is 4.98 Å². The largest absolute Gasteiger partial charge is 0.398 e. The summed E-state index contributed by atoms with van der Waals surface area (Å²) in [6.07, 6.45) is 0. The van der Waals surface area contributed by atoms with Gasteiger partial charge in [-0.3, -0.25) is 0 Å². The highest BCUT2D eigenvalue weighted by Gasteiger charge is 2.16. The predicted molar refractivity (Wildman–Crippen MR) is 68.5 cm³/mol. The Balaban J connectivity index is 2.73. The van der Waals surface area contributed by atoms with Gasteiger partial charge >= 0.3 is 0 Å². The van der Waals surface area contributed by atoms with E-state index in [-0.39, 0.29) is 22.1 Å². The van der Waals surface area contributed by atoms with Crippen LogP contribution in [0.2, 0.25) is 10.0 Å². The van der Waals surface area contributed by atoms with Gasteiger partial charge in [-0.2, -0.15) is 4.39 Å². The Kier molecular flexibility index (Phi) is 3.09. The van der Waals surface area contributed by atoms with Crippen molar-refractivity contribution in [1.82, 2.24) is 4.98 Å². The molecule has 0 bridgehead atoms. The van der Waals surface area contributed by atoms with Crippen molar-refractivity contribution in [2.24, 2.45) is 0 Å². The second-order valence-electron chi connectivity index (χ2n) is 3.40. The maximum absolute atomic E-state index is 13.7. The van der Waals surface area contributed by atoms with Crippen LogP contribution in [-0.2, 0) is 0 Å². The molecule has 4 N–H and O–H groups in total. The summed E-state index contributed by atoms with van der Waals surface area (Å²) in [6.45, 7) is 0. The lowest BCUT2D eigenvalue weighted by atomic mass is 10.1. The molecule has 0 saturated heterocycles. The third-order valence-electron chi connectivity index (χ3n) is 2.25. The topological polar surface area (TPSA) is 64.9 Å². The molecule has 1 aromatic carbocycles. The van der Waals surface area contributed by atoms with Gasteiger partial charge in [0.15, 0.2) is 0 Å². The fourth-order valence-corrected chi connectivity index (χ4v) is 1.91. The number of hydrogen-bond acceptors (Lipinski definition) is 3. The van der Waals surface area contributed by atoms with Crippen LogP contribution < -0.4 is 11.5 Å². The van der Waals surface area contributed by atoms with E-state index in [1.807, 2.05) is 0 Å². The van der Waals surface area contributed by atoms with Crippen molar-refractivity contribution in [3.8, 4) is 11.1 Å². The van der Waals surface area contributed by atoms with Crippen LogP contribution in [0.25, 0.3) is 11.1 Å². The van der Waals surface area contributed by atoms with E-state index in [2.05, 4.69) is 4.98 Å². The van der Waals surface area contributed by atoms with Crippen molar-refractivity contribution >= 4 is 34.7 Å². The minimum atomic E-state index is -0.772. The molecule has 0 atom stereocenters. The molecular formula is C11H8Cl2FN3. The van der Waals surface area contributed by atoms with Crippen LogP contribution in [0.1, 0.15) is 0 Å². The van der Waals surface area contributed by atoms with E-state index in [1.165, 1.54) is 6.07 Å². The molecule has 1 heterocycles. The number of nitrogen functional groups attached to an aromatic ring is 2. The Morgan fingerprint density at radius 1 is 1.18 bits per heavy atom. The average molecular weight is 272 g/mol. The summed E-state index contributed by atoms with van der Waals surface area (Å²) in [5, 5.41) is 0.547. The molecule has 2 aromatic rings. The van der Waals surface area contributed by atoms with Gasteiger partial charge in [-0.15, -0.1) is 0 Å². The van der Waals surface area contributed by atoms with E-state index in [0.717, 1.165) is 0 Å². The number of benzene rings is 1. The first-order chi connectivity index (χ1) is 8.00. The first kappa shape index (κ1) is 12.0. The van der Waals surface area contributed by atoms with Crippen LogP contribution in [0.5, 0.6) is 0 Å². The molecule has 6 heteroatoms. The molecule has 0 fully saturated rings. The number of nitrogens with zero attached hydrogens (tertiary/aromatic N) is 1. The first-order valence-electron chi connectivity index (χ1n) is 4.66. The van der Waals surface area contributed by atoms with E-state index in [1.54, 1.807) is 18.2 Å². The Hall–Kier alpha value is -1.52. The molecule has 0 amide bonds. The minimum absolute atomic E-state index is 0.0156. The lowest BCUT2D eigenvalue weighted by molar-refractivity contribution is 0.590. The van der Waals surface area contributed by atoms with Crippen LogP contribution in [0.3, 0.4) is 0 Å². The molecule has 0 aliphatic heterocycles. The number of aromatic nitrogens is 1. The predicted octanol–water partition coefficient (Wildman–Crippen LogP) is 3.36. The Labute approximate surface area is 107 Å². The highest BCUT2D eigenvalue weighted by atomic mass is 35.5. The molecule has 3 nitrogen and oxygen atoms in total. The Morgan fingerprint density at radius 2 is 1.88 bits per heavy atom. The third kappa shape index (κ3) is 2.14. The molecule has 1 aromatic heterocycles. The molecule has 0 saturated carbocycles. The number of anilines is 2. The zero-order valence-electron chi connectivity index (χ0n) is 8.55. The SMILES string of the molecule is Nc1cc(N)c(-c2cccc(Cl)c2Cl)c(F)n1. The van der Waals surface area contributed by atoms with E-state index in [4.69, 9.17) is 34.7 Å². The summed E-state index contributed by atoms with van der Waals surface area (Å²) in [6, 6.07) is 6.24. The van der Waals surface area contributed by atoms with Gasteiger partial charge in [0.1, 0.15) is 5.82 Å². The zero-order valence-corrected chi connectivity index (χ0v) is 10.1. The van der Waals surface area contributed by atoms with Crippen LogP contribution in [-0.4, -0.2) is 4.98 Å². The molecule has 0 spiro atoms. The highest BCUT2D eigenvalue weighted by molar-refractivity contribution is 6.43. The van der Waals surface area contributed by atoms with Crippen molar-refractivity contribution in [3.63, 3.8) is 0 Å². The normalized spacial score (nSPS) is 10.5. The number of pyridine rings is 1. The smallest absolute Gasteiger partial charge is 0.224 e. The lowest BCUT2D eigenvalue weighted by Crippen LogP contribution is -2.01. The van der Waals surface area contributed by atoms with Gasteiger partial charge in [-0.1, -0.05) is 35.3 Å². The van der Waals surface area contributed by atoms with Gasteiger partial charge < -0.3 is 11.5 Å². The van der Waals surface area contributed by atoms with E-state index in [0.29, 0.717) is 10.6 Å². The van der Waals surface area contributed by atoms with Gasteiger partial charge in [0.2, 0.25) is 5.95 Å². The number of rotatable bonds is 1. The molecule has 0 aliphatic rings. The summed E-state index contributed by atoms with van der Waals surface area (Å²) in [5.74, 6) is -0.756. The van der Waals surface area contributed by atoms with Crippen molar-refractivity contribution in [1.29, 1.82) is 0 Å². The van der Waals surface area contributed by atoms with Gasteiger partial charge in [0.05, 0.1) is 15.6 Å². The molecule has 88 valence electrons. The minimum Gasteiger partial charge on any atom is -0.398 e.